The van der Waals surface area contributed by atoms with Crippen molar-refractivity contribution < 1.29 is 0 Å². The van der Waals surface area contributed by atoms with Gasteiger partial charge in [-0.25, -0.2) is 0 Å². The van der Waals surface area contributed by atoms with Crippen LogP contribution < -0.4 is 0 Å². The molecular formula is C24H34N4S4. The van der Waals surface area contributed by atoms with Crippen molar-refractivity contribution in [1.29, 1.82) is 10.5 Å². The molecule has 2 bridgehead atoms. The third kappa shape index (κ3) is 9.05. The average molecular weight is 507 g/mol. The highest BCUT2D eigenvalue weighted by Gasteiger charge is 2.14. The van der Waals surface area contributed by atoms with E-state index in [9.17, 15) is 10.5 Å². The quantitative estimate of drug-likeness (QED) is 0.472. The third-order valence-corrected chi connectivity index (χ3v) is 10.2. The first kappa shape index (κ1) is 26.1. The number of hydrogen-bond donors (Lipinski definition) is 0. The molecule has 8 heteroatoms. The predicted molar refractivity (Wildman–Crippen MR) is 143 cm³/mol. The summed E-state index contributed by atoms with van der Waals surface area (Å²) in [7, 11) is 0. The van der Waals surface area contributed by atoms with Crippen LogP contribution in [-0.4, -0.2) is 83.6 Å². The lowest BCUT2D eigenvalue weighted by molar-refractivity contribution is 0.291. The van der Waals surface area contributed by atoms with Gasteiger partial charge in [0.05, 0.1) is 11.1 Å². The third-order valence-electron chi connectivity index (χ3n) is 5.71. The van der Waals surface area contributed by atoms with Gasteiger partial charge in [-0.1, -0.05) is 0 Å². The largest absolute Gasteiger partial charge is 0.302 e. The van der Waals surface area contributed by atoms with Gasteiger partial charge >= 0.3 is 0 Å². The molecule has 1 saturated heterocycles. The summed E-state index contributed by atoms with van der Waals surface area (Å²) in [6, 6.07) is 8.34. The van der Waals surface area contributed by atoms with Crippen molar-refractivity contribution in [3.63, 3.8) is 0 Å². The zero-order valence-electron chi connectivity index (χ0n) is 18.9. The Kier molecular flexibility index (Phi) is 12.6. The lowest BCUT2D eigenvalue weighted by atomic mass is 10.1. The normalized spacial score (nSPS) is 24.8. The summed E-state index contributed by atoms with van der Waals surface area (Å²) in [5.41, 5.74) is 1.01. The fraction of sp³-hybridized carbons (Fsp3) is 0.667. The minimum absolute atomic E-state index is 0.503. The molecule has 1 aromatic rings. The number of nitriles is 2. The van der Waals surface area contributed by atoms with Crippen molar-refractivity contribution in [3.8, 4) is 12.1 Å². The Labute approximate surface area is 211 Å². The van der Waals surface area contributed by atoms with Crippen LogP contribution in [0.4, 0.5) is 0 Å². The molecule has 0 saturated carbocycles. The maximum absolute atomic E-state index is 9.52. The number of nitrogens with zero attached hydrogens (tertiary/aromatic N) is 4. The van der Waals surface area contributed by atoms with Crippen LogP contribution >= 0.6 is 47.0 Å². The first-order chi connectivity index (χ1) is 15.8. The molecule has 174 valence electrons. The Morgan fingerprint density at radius 3 is 1.28 bits per heavy atom. The molecule has 0 radical (unpaired) electrons. The lowest BCUT2D eigenvalue weighted by Crippen LogP contribution is -2.30. The van der Waals surface area contributed by atoms with Crippen molar-refractivity contribution in [1.82, 2.24) is 9.80 Å². The summed E-state index contributed by atoms with van der Waals surface area (Å²) in [6.45, 7) is 6.90. The van der Waals surface area contributed by atoms with Gasteiger partial charge in [0.1, 0.15) is 12.1 Å². The number of benzene rings is 1. The van der Waals surface area contributed by atoms with Crippen LogP contribution in [0.3, 0.4) is 0 Å². The van der Waals surface area contributed by atoms with E-state index >= 15 is 0 Å². The summed E-state index contributed by atoms with van der Waals surface area (Å²) >= 11 is 7.95. The van der Waals surface area contributed by atoms with E-state index in [4.69, 9.17) is 0 Å². The number of fused-ring (bicyclic) bond motifs is 16. The molecule has 0 atom stereocenters. The van der Waals surface area contributed by atoms with Gasteiger partial charge in [0.15, 0.2) is 0 Å². The average Bonchev–Trinajstić information content (AvgIpc) is 2.81. The topological polar surface area (TPSA) is 54.1 Å². The van der Waals surface area contributed by atoms with Crippen LogP contribution in [0.15, 0.2) is 21.9 Å². The zero-order chi connectivity index (χ0) is 22.4. The maximum atomic E-state index is 9.52. The van der Waals surface area contributed by atoms with Gasteiger partial charge in [-0.15, -0.1) is 23.5 Å². The predicted octanol–water partition coefficient (Wildman–Crippen LogP) is 5.27. The lowest BCUT2D eigenvalue weighted by Gasteiger charge is -2.23. The minimum atomic E-state index is 0.503. The van der Waals surface area contributed by atoms with Crippen molar-refractivity contribution in [2.75, 3.05) is 73.8 Å². The second-order valence-corrected chi connectivity index (χ2v) is 12.8. The molecule has 3 heterocycles. The highest BCUT2D eigenvalue weighted by molar-refractivity contribution is 8.02. The Morgan fingerprint density at radius 1 is 0.562 bits per heavy atom. The molecule has 32 heavy (non-hydrogen) atoms. The van der Waals surface area contributed by atoms with Crippen LogP contribution in [0.25, 0.3) is 0 Å². The SMILES string of the molecule is N#Cc1cc2c(cc1C#N)SCCN1CCCSCCCN(CCCSCCC1)CCS2. The molecular weight excluding hydrogens is 473 g/mol. The second kappa shape index (κ2) is 15.4. The van der Waals surface area contributed by atoms with Gasteiger partial charge in [0, 0.05) is 34.4 Å². The van der Waals surface area contributed by atoms with E-state index < -0.39 is 0 Å². The van der Waals surface area contributed by atoms with Crippen LogP contribution in [-0.2, 0) is 0 Å². The molecule has 3 aliphatic heterocycles. The van der Waals surface area contributed by atoms with E-state index in [1.165, 1.54) is 74.9 Å². The Balaban J connectivity index is 1.81. The molecule has 4 nitrogen and oxygen atoms in total. The van der Waals surface area contributed by atoms with Gasteiger partial charge in [-0.2, -0.15) is 34.0 Å². The molecule has 1 fully saturated rings. The molecule has 0 unspecified atom stereocenters. The summed E-state index contributed by atoms with van der Waals surface area (Å²) in [5, 5.41) is 19.0. The number of hydrogen-bond acceptors (Lipinski definition) is 8. The van der Waals surface area contributed by atoms with E-state index in [1.807, 2.05) is 35.7 Å². The van der Waals surface area contributed by atoms with Gasteiger partial charge in [0.2, 0.25) is 0 Å². The van der Waals surface area contributed by atoms with Crippen LogP contribution in [0.2, 0.25) is 0 Å². The monoisotopic (exact) mass is 506 g/mol. The molecule has 0 N–H and O–H groups in total. The van der Waals surface area contributed by atoms with Crippen molar-refractivity contribution in [3.05, 3.63) is 23.3 Å². The Hall–Kier alpha value is -0.480. The fourth-order valence-corrected chi connectivity index (χ4v) is 8.01. The van der Waals surface area contributed by atoms with Crippen molar-refractivity contribution in [2.24, 2.45) is 0 Å². The molecule has 0 aromatic heterocycles. The smallest absolute Gasteiger partial charge is 0.101 e. The van der Waals surface area contributed by atoms with Crippen LogP contribution in [0.1, 0.15) is 36.8 Å². The first-order valence-electron chi connectivity index (χ1n) is 11.6. The molecule has 0 aliphatic carbocycles. The summed E-state index contributed by atoms with van der Waals surface area (Å²) in [5.74, 6) is 7.10. The zero-order valence-corrected chi connectivity index (χ0v) is 22.2. The van der Waals surface area contributed by atoms with Gasteiger partial charge in [-0.05, 0) is 87.0 Å². The molecule has 4 rings (SSSR count). The van der Waals surface area contributed by atoms with Crippen LogP contribution in [0, 0.1) is 22.7 Å². The Morgan fingerprint density at radius 2 is 0.938 bits per heavy atom. The maximum Gasteiger partial charge on any atom is 0.101 e. The van der Waals surface area contributed by atoms with E-state index in [1.54, 1.807) is 0 Å². The van der Waals surface area contributed by atoms with Crippen molar-refractivity contribution in [2.45, 2.75) is 35.5 Å². The van der Waals surface area contributed by atoms with Gasteiger partial charge in [0.25, 0.3) is 0 Å². The minimum Gasteiger partial charge on any atom is -0.302 e. The summed E-state index contributed by atoms with van der Waals surface area (Å²) in [4.78, 5) is 7.61. The van der Waals surface area contributed by atoms with E-state index in [0.717, 1.165) is 34.4 Å². The fourth-order valence-electron chi connectivity index (χ4n) is 3.98. The number of thioether (sulfide) groups is 4. The molecule has 3 aliphatic rings. The highest BCUT2D eigenvalue weighted by atomic mass is 32.2. The van der Waals surface area contributed by atoms with Gasteiger partial charge in [-0.3, -0.25) is 0 Å². The van der Waals surface area contributed by atoms with Gasteiger partial charge < -0.3 is 9.80 Å². The highest BCUT2D eigenvalue weighted by Crippen LogP contribution is 2.34. The molecule has 1 aromatic carbocycles. The Bertz CT molecular complexity index is 708. The summed E-state index contributed by atoms with van der Waals surface area (Å²) in [6.07, 6.45) is 5.07. The number of rotatable bonds is 0. The molecule has 0 amide bonds. The summed E-state index contributed by atoms with van der Waals surface area (Å²) < 4.78 is 0. The van der Waals surface area contributed by atoms with Crippen molar-refractivity contribution >= 4 is 47.0 Å². The standard InChI is InChI=1S/C24H34N4S4/c25-19-21-17-23-24(18-22(21)20-26)32-16-10-28-7-3-12-29-11-1-5-27(9-15-31-23)6-2-13-30-14-4-8-28/h17-18H,1-16H2. The first-order valence-corrected chi connectivity index (χ1v) is 15.9. The van der Waals surface area contributed by atoms with E-state index in [2.05, 4.69) is 45.5 Å². The van der Waals surface area contributed by atoms with E-state index in [0.29, 0.717) is 11.1 Å². The van der Waals surface area contributed by atoms with E-state index in [-0.39, 0.29) is 0 Å². The molecule has 0 spiro atoms. The second-order valence-electron chi connectivity index (χ2n) is 8.09. The van der Waals surface area contributed by atoms with Crippen LogP contribution in [0.5, 0.6) is 0 Å².